The van der Waals surface area contributed by atoms with Crippen LogP contribution in [0, 0.1) is 6.92 Å². The van der Waals surface area contributed by atoms with E-state index in [1.165, 1.54) is 0 Å². The molecular formula is C21H19Cl3N2O3. The summed E-state index contributed by atoms with van der Waals surface area (Å²) in [4.78, 5) is 15.8. The van der Waals surface area contributed by atoms with Gasteiger partial charge in [-0.2, -0.15) is 0 Å². The number of rotatable bonds is 4. The van der Waals surface area contributed by atoms with Gasteiger partial charge in [0.05, 0.1) is 10.0 Å². The highest BCUT2D eigenvalue weighted by molar-refractivity contribution is 6.44. The van der Waals surface area contributed by atoms with Crippen molar-refractivity contribution in [1.82, 2.24) is 4.90 Å². The SMILES string of the molecule is Cc1c(N2CCN(Cc3c(Cl)ccc(Cl)c3Cl)CC2)ccc2oc(C(=O)O)cc12. The van der Waals surface area contributed by atoms with Gasteiger partial charge in [-0.3, -0.25) is 4.90 Å². The van der Waals surface area contributed by atoms with Crippen LogP contribution >= 0.6 is 34.8 Å². The number of halogens is 3. The number of aromatic carboxylic acids is 1. The lowest BCUT2D eigenvalue weighted by Gasteiger charge is -2.37. The van der Waals surface area contributed by atoms with Gasteiger partial charge in [-0.05, 0) is 42.8 Å². The van der Waals surface area contributed by atoms with E-state index >= 15 is 0 Å². The molecule has 1 fully saturated rings. The van der Waals surface area contributed by atoms with Gasteiger partial charge in [0.25, 0.3) is 0 Å². The van der Waals surface area contributed by atoms with Crippen molar-refractivity contribution < 1.29 is 14.3 Å². The highest BCUT2D eigenvalue weighted by atomic mass is 35.5. The van der Waals surface area contributed by atoms with E-state index in [1.54, 1.807) is 18.2 Å². The fraction of sp³-hybridized carbons (Fsp3) is 0.286. The van der Waals surface area contributed by atoms with Crippen molar-refractivity contribution in [3.05, 3.63) is 62.3 Å². The van der Waals surface area contributed by atoms with Crippen LogP contribution in [0.1, 0.15) is 21.7 Å². The maximum atomic E-state index is 11.2. The largest absolute Gasteiger partial charge is 0.475 e. The minimum atomic E-state index is -1.06. The Morgan fingerprint density at radius 3 is 2.45 bits per heavy atom. The quantitative estimate of drug-likeness (QED) is 0.512. The lowest BCUT2D eigenvalue weighted by atomic mass is 10.1. The van der Waals surface area contributed by atoms with Crippen molar-refractivity contribution in [3.63, 3.8) is 0 Å². The number of aryl methyl sites for hydroxylation is 1. The van der Waals surface area contributed by atoms with Gasteiger partial charge in [-0.25, -0.2) is 4.79 Å². The number of carboxylic acid groups (broad SMARTS) is 1. The van der Waals surface area contributed by atoms with Crippen molar-refractivity contribution in [3.8, 4) is 0 Å². The number of fused-ring (bicyclic) bond motifs is 1. The minimum Gasteiger partial charge on any atom is -0.475 e. The molecule has 1 aliphatic rings. The number of hydrogen-bond acceptors (Lipinski definition) is 4. The molecule has 0 saturated carbocycles. The van der Waals surface area contributed by atoms with Crippen molar-refractivity contribution >= 4 is 57.4 Å². The summed E-state index contributed by atoms with van der Waals surface area (Å²) in [5, 5.41) is 11.6. The third-order valence-electron chi connectivity index (χ3n) is 5.39. The number of hydrogen-bond donors (Lipinski definition) is 1. The first kappa shape index (κ1) is 20.4. The summed E-state index contributed by atoms with van der Waals surface area (Å²) >= 11 is 18.8. The number of carboxylic acids is 1. The van der Waals surface area contributed by atoms with E-state index in [9.17, 15) is 4.79 Å². The zero-order valence-electron chi connectivity index (χ0n) is 15.7. The van der Waals surface area contributed by atoms with Gasteiger partial charge in [0, 0.05) is 54.4 Å². The second-order valence-corrected chi connectivity index (χ2v) is 8.31. The first-order valence-corrected chi connectivity index (χ1v) is 10.3. The summed E-state index contributed by atoms with van der Waals surface area (Å²) in [5.74, 6) is -1.10. The van der Waals surface area contributed by atoms with Crippen LogP contribution in [0.5, 0.6) is 0 Å². The molecule has 0 atom stereocenters. The predicted molar refractivity (Wildman–Crippen MR) is 117 cm³/mol. The van der Waals surface area contributed by atoms with Gasteiger partial charge in [0.2, 0.25) is 5.76 Å². The minimum absolute atomic E-state index is 0.0413. The fourth-order valence-corrected chi connectivity index (χ4v) is 4.44. The van der Waals surface area contributed by atoms with Crippen LogP contribution in [0.25, 0.3) is 11.0 Å². The summed E-state index contributed by atoms with van der Waals surface area (Å²) in [5.41, 5.74) is 3.56. The maximum Gasteiger partial charge on any atom is 0.371 e. The van der Waals surface area contributed by atoms with Gasteiger partial charge in [-0.15, -0.1) is 0 Å². The van der Waals surface area contributed by atoms with Crippen LogP contribution < -0.4 is 4.90 Å². The molecule has 29 heavy (non-hydrogen) atoms. The molecule has 0 spiro atoms. The molecule has 4 rings (SSSR count). The van der Waals surface area contributed by atoms with E-state index in [1.807, 2.05) is 19.1 Å². The van der Waals surface area contributed by atoms with Crippen molar-refractivity contribution in [1.29, 1.82) is 0 Å². The maximum absolute atomic E-state index is 11.2. The van der Waals surface area contributed by atoms with Crippen LogP contribution in [0.2, 0.25) is 15.1 Å². The highest BCUT2D eigenvalue weighted by Gasteiger charge is 2.22. The van der Waals surface area contributed by atoms with E-state index in [0.717, 1.165) is 48.4 Å². The Morgan fingerprint density at radius 1 is 1.07 bits per heavy atom. The van der Waals surface area contributed by atoms with Gasteiger partial charge in [-0.1, -0.05) is 34.8 Å². The molecule has 1 aromatic heterocycles. The second-order valence-electron chi connectivity index (χ2n) is 7.12. The molecule has 0 amide bonds. The Bertz CT molecular complexity index is 1090. The van der Waals surface area contributed by atoms with Crippen LogP contribution in [-0.2, 0) is 6.54 Å². The van der Waals surface area contributed by atoms with Gasteiger partial charge < -0.3 is 14.4 Å². The molecular weight excluding hydrogens is 435 g/mol. The van der Waals surface area contributed by atoms with E-state index in [4.69, 9.17) is 44.3 Å². The zero-order chi connectivity index (χ0) is 20.7. The average Bonchev–Trinajstić information content (AvgIpc) is 3.15. The Morgan fingerprint density at radius 2 is 1.76 bits per heavy atom. The average molecular weight is 454 g/mol. The second kappa shape index (κ2) is 8.07. The third kappa shape index (κ3) is 3.92. The lowest BCUT2D eigenvalue weighted by molar-refractivity contribution is 0.0665. The van der Waals surface area contributed by atoms with Gasteiger partial charge in [0.15, 0.2) is 0 Å². The summed E-state index contributed by atoms with van der Waals surface area (Å²) in [6.45, 7) is 6.02. The molecule has 0 aliphatic carbocycles. The van der Waals surface area contributed by atoms with E-state index in [-0.39, 0.29) is 5.76 Å². The van der Waals surface area contributed by atoms with Crippen molar-refractivity contribution in [2.75, 3.05) is 31.1 Å². The Hall–Kier alpha value is -1.92. The summed E-state index contributed by atoms with van der Waals surface area (Å²) < 4.78 is 5.41. The Kier molecular flexibility index (Phi) is 5.67. The number of carbonyl (C=O) groups is 1. The molecule has 3 aromatic rings. The van der Waals surface area contributed by atoms with E-state index < -0.39 is 5.97 Å². The first-order chi connectivity index (χ1) is 13.8. The standard InChI is InChI=1S/C21H19Cl3N2O3/c1-12-13-10-19(21(27)28)29-18(13)5-4-17(12)26-8-6-25(7-9-26)11-14-15(22)2-3-16(23)20(14)24/h2-5,10H,6-9,11H2,1H3,(H,27,28). The summed E-state index contributed by atoms with van der Waals surface area (Å²) in [6.07, 6.45) is 0. The monoisotopic (exact) mass is 452 g/mol. The normalized spacial score (nSPS) is 15.2. The molecule has 1 aliphatic heterocycles. The molecule has 1 saturated heterocycles. The molecule has 1 N–H and O–H groups in total. The summed E-state index contributed by atoms with van der Waals surface area (Å²) in [6, 6.07) is 8.90. The number of furan rings is 1. The summed E-state index contributed by atoms with van der Waals surface area (Å²) in [7, 11) is 0. The third-order valence-corrected chi connectivity index (χ3v) is 6.58. The number of anilines is 1. The van der Waals surface area contributed by atoms with E-state index in [0.29, 0.717) is 27.2 Å². The predicted octanol–water partition coefficient (Wildman–Crippen LogP) is 5.72. The van der Waals surface area contributed by atoms with Crippen molar-refractivity contribution in [2.24, 2.45) is 0 Å². The van der Waals surface area contributed by atoms with Crippen LogP contribution in [0.15, 0.2) is 34.7 Å². The molecule has 152 valence electrons. The highest BCUT2D eigenvalue weighted by Crippen LogP contribution is 2.34. The van der Waals surface area contributed by atoms with Gasteiger partial charge >= 0.3 is 5.97 Å². The zero-order valence-corrected chi connectivity index (χ0v) is 18.0. The number of nitrogens with zero attached hydrogens (tertiary/aromatic N) is 2. The Balaban J connectivity index is 1.49. The molecule has 0 bridgehead atoms. The van der Waals surface area contributed by atoms with Crippen LogP contribution in [0.3, 0.4) is 0 Å². The Labute approximate surface area is 183 Å². The fourth-order valence-electron chi connectivity index (χ4n) is 3.77. The van der Waals surface area contributed by atoms with E-state index in [2.05, 4.69) is 9.80 Å². The van der Waals surface area contributed by atoms with Crippen molar-refractivity contribution in [2.45, 2.75) is 13.5 Å². The smallest absolute Gasteiger partial charge is 0.371 e. The lowest BCUT2D eigenvalue weighted by Crippen LogP contribution is -2.46. The molecule has 2 aromatic carbocycles. The number of piperazine rings is 1. The molecule has 0 radical (unpaired) electrons. The molecule has 8 heteroatoms. The molecule has 2 heterocycles. The molecule has 0 unspecified atom stereocenters. The van der Waals surface area contributed by atoms with Crippen LogP contribution in [0.4, 0.5) is 5.69 Å². The number of benzene rings is 2. The first-order valence-electron chi connectivity index (χ1n) is 9.21. The topological polar surface area (TPSA) is 56.9 Å². The van der Waals surface area contributed by atoms with Gasteiger partial charge in [0.1, 0.15) is 5.58 Å². The molecule has 5 nitrogen and oxygen atoms in total. The van der Waals surface area contributed by atoms with Crippen LogP contribution in [-0.4, -0.2) is 42.2 Å².